The second-order valence-electron chi connectivity index (χ2n) is 4.60. The lowest BCUT2D eigenvalue weighted by atomic mass is 10.2. The predicted octanol–water partition coefficient (Wildman–Crippen LogP) is 1.90. The number of halogens is 1. The average Bonchev–Trinajstić information content (AvgIpc) is 3.01. The monoisotopic (exact) mass is 304 g/mol. The summed E-state index contributed by atoms with van der Waals surface area (Å²) in [6, 6.07) is 4.06. The number of likely N-dealkylation sites (N-methyl/N-ethyl adjacent to an activating group) is 1. The van der Waals surface area contributed by atoms with E-state index in [2.05, 4.69) is 5.32 Å². The minimum Gasteiger partial charge on any atom is -0.377 e. The number of thiophene rings is 1. The van der Waals surface area contributed by atoms with Crippen molar-refractivity contribution in [2.75, 3.05) is 26.7 Å². The molecule has 1 aliphatic rings. The van der Waals surface area contributed by atoms with Gasteiger partial charge in [-0.1, -0.05) is 6.07 Å². The van der Waals surface area contributed by atoms with E-state index in [4.69, 9.17) is 4.74 Å². The summed E-state index contributed by atoms with van der Waals surface area (Å²) in [4.78, 5) is 14.8. The van der Waals surface area contributed by atoms with E-state index < -0.39 is 0 Å². The Balaban J connectivity index is 0.00000180. The fourth-order valence-electron chi connectivity index (χ4n) is 2.00. The Bertz CT molecular complexity index is 367. The summed E-state index contributed by atoms with van der Waals surface area (Å²) in [5.41, 5.74) is 0. The molecule has 0 bridgehead atoms. The van der Waals surface area contributed by atoms with Crippen LogP contribution in [0, 0.1) is 0 Å². The maximum Gasteiger partial charge on any atom is 0.236 e. The van der Waals surface area contributed by atoms with Crippen LogP contribution in [0.4, 0.5) is 0 Å². The molecule has 4 nitrogen and oxygen atoms in total. The summed E-state index contributed by atoms with van der Waals surface area (Å²) >= 11 is 1.68. The van der Waals surface area contributed by atoms with E-state index >= 15 is 0 Å². The molecule has 1 N–H and O–H groups in total. The number of hydrogen-bond donors (Lipinski definition) is 1. The predicted molar refractivity (Wildman–Crippen MR) is 79.9 cm³/mol. The topological polar surface area (TPSA) is 41.6 Å². The first-order valence-corrected chi connectivity index (χ1v) is 7.22. The van der Waals surface area contributed by atoms with Crippen molar-refractivity contribution in [3.05, 3.63) is 22.4 Å². The second kappa shape index (κ2) is 8.53. The van der Waals surface area contributed by atoms with Crippen LogP contribution < -0.4 is 5.32 Å². The van der Waals surface area contributed by atoms with Crippen LogP contribution in [0.1, 0.15) is 17.7 Å². The van der Waals surface area contributed by atoms with Crippen LogP contribution in [0.5, 0.6) is 0 Å². The summed E-state index contributed by atoms with van der Waals surface area (Å²) in [6.45, 7) is 2.72. The second-order valence-corrected chi connectivity index (χ2v) is 5.63. The van der Waals surface area contributed by atoms with E-state index in [1.54, 1.807) is 16.2 Å². The van der Waals surface area contributed by atoms with Gasteiger partial charge in [0.1, 0.15) is 0 Å². The van der Waals surface area contributed by atoms with Crippen LogP contribution in [-0.2, 0) is 16.1 Å². The van der Waals surface area contributed by atoms with E-state index in [1.165, 1.54) is 4.88 Å². The molecule has 2 heterocycles. The molecule has 0 radical (unpaired) electrons. The van der Waals surface area contributed by atoms with E-state index in [-0.39, 0.29) is 18.3 Å². The van der Waals surface area contributed by atoms with Gasteiger partial charge in [-0.15, -0.1) is 23.7 Å². The third-order valence-corrected chi connectivity index (χ3v) is 3.93. The van der Waals surface area contributed by atoms with Crippen molar-refractivity contribution >= 4 is 29.7 Å². The third-order valence-electron chi connectivity index (χ3n) is 3.07. The van der Waals surface area contributed by atoms with Gasteiger partial charge in [0.05, 0.1) is 19.2 Å². The molecule has 1 aromatic rings. The molecule has 0 saturated carbocycles. The molecule has 0 aliphatic carbocycles. The minimum absolute atomic E-state index is 0. The van der Waals surface area contributed by atoms with Gasteiger partial charge in [0.25, 0.3) is 0 Å². The van der Waals surface area contributed by atoms with Gasteiger partial charge in [0.2, 0.25) is 5.91 Å². The van der Waals surface area contributed by atoms with Gasteiger partial charge in [-0.05, 0) is 24.3 Å². The highest BCUT2D eigenvalue weighted by Crippen LogP contribution is 2.11. The third kappa shape index (κ3) is 5.48. The number of hydrogen-bond acceptors (Lipinski definition) is 4. The van der Waals surface area contributed by atoms with Crippen molar-refractivity contribution in [1.29, 1.82) is 0 Å². The van der Waals surface area contributed by atoms with Crippen molar-refractivity contribution in [2.45, 2.75) is 25.5 Å². The smallest absolute Gasteiger partial charge is 0.236 e. The number of carbonyl (C=O) groups is 1. The van der Waals surface area contributed by atoms with Gasteiger partial charge >= 0.3 is 0 Å². The van der Waals surface area contributed by atoms with Gasteiger partial charge in [-0.3, -0.25) is 4.79 Å². The summed E-state index contributed by atoms with van der Waals surface area (Å²) in [5.74, 6) is 0.126. The molecule has 1 saturated heterocycles. The fourth-order valence-corrected chi connectivity index (χ4v) is 2.76. The van der Waals surface area contributed by atoms with Crippen LogP contribution in [-0.4, -0.2) is 43.7 Å². The molecule has 1 atom stereocenters. The van der Waals surface area contributed by atoms with Crippen molar-refractivity contribution in [3.63, 3.8) is 0 Å². The summed E-state index contributed by atoms with van der Waals surface area (Å²) in [7, 11) is 1.84. The molecule has 19 heavy (non-hydrogen) atoms. The fraction of sp³-hybridized carbons (Fsp3) is 0.615. The Labute approximate surface area is 124 Å². The zero-order valence-electron chi connectivity index (χ0n) is 11.1. The number of ether oxygens (including phenoxy) is 1. The highest BCUT2D eigenvalue weighted by molar-refractivity contribution is 7.09. The molecule has 1 aromatic heterocycles. The summed E-state index contributed by atoms with van der Waals surface area (Å²) in [6.07, 6.45) is 2.53. The van der Waals surface area contributed by atoms with Gasteiger partial charge in [0.15, 0.2) is 0 Å². The lowest BCUT2D eigenvalue weighted by molar-refractivity contribution is -0.129. The maximum atomic E-state index is 11.9. The standard InChI is InChI=1S/C13H20N2O2S.ClH/c1-15(10-12-5-3-7-18-12)13(16)9-14-8-11-4-2-6-17-11;/h3,5,7,11,14H,2,4,6,8-10H2,1H3;1H. The summed E-state index contributed by atoms with van der Waals surface area (Å²) in [5, 5.41) is 5.21. The van der Waals surface area contributed by atoms with Crippen molar-refractivity contribution < 1.29 is 9.53 Å². The first-order valence-electron chi connectivity index (χ1n) is 6.34. The van der Waals surface area contributed by atoms with E-state index in [9.17, 15) is 4.79 Å². The van der Waals surface area contributed by atoms with Crippen LogP contribution in [0.3, 0.4) is 0 Å². The number of amides is 1. The Morgan fingerprint density at radius 3 is 3.11 bits per heavy atom. The number of nitrogens with one attached hydrogen (secondary N) is 1. The Morgan fingerprint density at radius 2 is 2.47 bits per heavy atom. The molecule has 1 unspecified atom stereocenters. The average molecular weight is 305 g/mol. The Morgan fingerprint density at radius 1 is 1.63 bits per heavy atom. The lowest BCUT2D eigenvalue weighted by Gasteiger charge is -2.17. The Kier molecular flexibility index (Phi) is 7.38. The molecule has 1 fully saturated rings. The normalized spacial score (nSPS) is 18.1. The van der Waals surface area contributed by atoms with Crippen molar-refractivity contribution in [1.82, 2.24) is 10.2 Å². The molecule has 6 heteroatoms. The molecule has 2 rings (SSSR count). The number of carbonyl (C=O) groups excluding carboxylic acids is 1. The SMILES string of the molecule is CN(Cc1cccs1)C(=O)CNCC1CCCO1.Cl. The van der Waals surface area contributed by atoms with Crippen LogP contribution in [0.25, 0.3) is 0 Å². The highest BCUT2D eigenvalue weighted by Gasteiger charge is 2.16. The summed E-state index contributed by atoms with van der Waals surface area (Å²) < 4.78 is 5.49. The molecule has 0 aromatic carbocycles. The Hall–Kier alpha value is -0.620. The first kappa shape index (κ1) is 16.4. The van der Waals surface area contributed by atoms with Gasteiger partial charge in [0, 0.05) is 25.1 Å². The van der Waals surface area contributed by atoms with Crippen molar-refractivity contribution in [2.24, 2.45) is 0 Å². The van der Waals surface area contributed by atoms with Gasteiger partial charge < -0.3 is 15.0 Å². The molecular weight excluding hydrogens is 284 g/mol. The van der Waals surface area contributed by atoms with Crippen molar-refractivity contribution in [3.8, 4) is 0 Å². The van der Waals surface area contributed by atoms with E-state index in [0.717, 1.165) is 26.0 Å². The quantitative estimate of drug-likeness (QED) is 0.873. The van der Waals surface area contributed by atoms with E-state index in [1.807, 2.05) is 24.6 Å². The number of nitrogens with zero attached hydrogens (tertiary/aromatic N) is 1. The van der Waals surface area contributed by atoms with E-state index in [0.29, 0.717) is 19.2 Å². The number of rotatable bonds is 6. The molecule has 108 valence electrons. The lowest BCUT2D eigenvalue weighted by Crippen LogP contribution is -2.37. The molecular formula is C13H21ClN2O2S. The molecule has 1 aliphatic heterocycles. The van der Waals surface area contributed by atoms with Gasteiger partial charge in [-0.2, -0.15) is 0 Å². The first-order chi connectivity index (χ1) is 8.75. The molecule has 0 spiro atoms. The van der Waals surface area contributed by atoms with Gasteiger partial charge in [-0.25, -0.2) is 0 Å². The maximum absolute atomic E-state index is 11.9. The van der Waals surface area contributed by atoms with Crippen LogP contribution in [0.2, 0.25) is 0 Å². The zero-order chi connectivity index (χ0) is 12.8. The highest BCUT2D eigenvalue weighted by atomic mass is 35.5. The van der Waals surface area contributed by atoms with Crippen LogP contribution >= 0.6 is 23.7 Å². The molecule has 1 amide bonds. The van der Waals surface area contributed by atoms with Crippen LogP contribution in [0.15, 0.2) is 17.5 Å². The minimum atomic E-state index is 0. The zero-order valence-corrected chi connectivity index (χ0v) is 12.8. The largest absolute Gasteiger partial charge is 0.377 e.